The van der Waals surface area contributed by atoms with Gasteiger partial charge in [-0.05, 0) is 48.0 Å². The van der Waals surface area contributed by atoms with Gasteiger partial charge >= 0.3 is 10.2 Å². The Hall–Kier alpha value is -1.35. The smallest absolute Gasteiger partial charge is 0.301 e. The number of nitrogens with zero attached hydrogens (tertiary/aromatic N) is 3. The summed E-state index contributed by atoms with van der Waals surface area (Å²) in [5.41, 5.74) is 3.70. The Kier molecular flexibility index (Phi) is 5.72. The number of benzene rings is 2. The van der Waals surface area contributed by atoms with Crippen molar-refractivity contribution in [3.8, 4) is 0 Å². The summed E-state index contributed by atoms with van der Waals surface area (Å²) in [7, 11) is 1.38. The van der Waals surface area contributed by atoms with Gasteiger partial charge in [0, 0.05) is 43.1 Å². The topological polar surface area (TPSA) is 69.9 Å². The van der Waals surface area contributed by atoms with Crippen molar-refractivity contribution >= 4 is 39.1 Å². The molecule has 2 N–H and O–H groups in total. The minimum atomic E-state index is -3.91. The van der Waals surface area contributed by atoms with Crippen LogP contribution in [-0.2, 0) is 16.8 Å². The normalized spacial score (nSPS) is 17.8. The van der Waals surface area contributed by atoms with E-state index in [1.807, 2.05) is 25.2 Å². The molecule has 1 unspecified atom stereocenters. The van der Waals surface area contributed by atoms with E-state index in [-0.39, 0.29) is 5.92 Å². The maximum absolute atomic E-state index is 11.9. The number of likely N-dealkylation sites (N-methyl/N-ethyl adjacent to an activating group) is 1. The lowest BCUT2D eigenvalue weighted by Crippen LogP contribution is -2.45. The van der Waals surface area contributed by atoms with Crippen molar-refractivity contribution in [3.63, 3.8) is 0 Å². The third-order valence-corrected chi connectivity index (χ3v) is 6.19. The molecule has 0 aromatic heterocycles. The Bertz CT molecular complexity index is 949. The molecule has 0 aliphatic carbocycles. The van der Waals surface area contributed by atoms with Crippen molar-refractivity contribution in [3.05, 3.63) is 63.1 Å². The standard InChI is InChI=1S/C18H22Cl2N4O2S/c1-22(2)24(27(21,25)26)14-6-4-12(5-7-14)16-10-23(3)11-17-15(16)8-13(19)9-18(17)20/h4-9,16H,10-11H2,1-3H3,(H2,21,25,26). The summed E-state index contributed by atoms with van der Waals surface area (Å²) in [6, 6.07) is 11.1. The van der Waals surface area contributed by atoms with E-state index in [0.29, 0.717) is 15.7 Å². The summed E-state index contributed by atoms with van der Waals surface area (Å²) in [5.74, 6) is 0.0892. The van der Waals surface area contributed by atoms with Crippen LogP contribution in [0.4, 0.5) is 5.69 Å². The monoisotopic (exact) mass is 428 g/mol. The summed E-state index contributed by atoms with van der Waals surface area (Å²) < 4.78 is 24.8. The van der Waals surface area contributed by atoms with Crippen molar-refractivity contribution in [1.82, 2.24) is 9.91 Å². The number of anilines is 1. The first-order valence-electron chi connectivity index (χ1n) is 8.34. The van der Waals surface area contributed by atoms with Crippen LogP contribution in [0.15, 0.2) is 36.4 Å². The lowest BCUT2D eigenvalue weighted by atomic mass is 9.85. The molecule has 1 heterocycles. The summed E-state index contributed by atoms with van der Waals surface area (Å²) in [5, 5.41) is 8.03. The molecule has 0 saturated heterocycles. The molecule has 1 aliphatic rings. The van der Waals surface area contributed by atoms with Crippen LogP contribution >= 0.6 is 23.2 Å². The lowest BCUT2D eigenvalue weighted by Gasteiger charge is -2.34. The van der Waals surface area contributed by atoms with Crippen LogP contribution in [0.1, 0.15) is 22.6 Å². The van der Waals surface area contributed by atoms with Crippen molar-refractivity contribution in [1.29, 1.82) is 0 Å². The van der Waals surface area contributed by atoms with Crippen LogP contribution in [0, 0.1) is 0 Å². The summed E-state index contributed by atoms with van der Waals surface area (Å²) in [6.07, 6.45) is 0. The van der Waals surface area contributed by atoms with E-state index in [2.05, 4.69) is 4.90 Å². The van der Waals surface area contributed by atoms with Crippen molar-refractivity contribution in [2.24, 2.45) is 5.14 Å². The van der Waals surface area contributed by atoms with Crippen LogP contribution in [0.25, 0.3) is 0 Å². The van der Waals surface area contributed by atoms with E-state index >= 15 is 0 Å². The van der Waals surface area contributed by atoms with Crippen LogP contribution < -0.4 is 9.55 Å². The fourth-order valence-corrected chi connectivity index (χ4v) is 5.01. The van der Waals surface area contributed by atoms with Crippen LogP contribution in [0.3, 0.4) is 0 Å². The molecule has 0 radical (unpaired) electrons. The largest absolute Gasteiger partial charge is 0.312 e. The second-order valence-electron chi connectivity index (χ2n) is 6.93. The number of rotatable bonds is 4. The highest BCUT2D eigenvalue weighted by molar-refractivity contribution is 7.90. The zero-order valence-electron chi connectivity index (χ0n) is 15.4. The molecule has 0 fully saturated rings. The van der Waals surface area contributed by atoms with E-state index in [1.165, 1.54) is 5.01 Å². The molecular weight excluding hydrogens is 407 g/mol. The Balaban J connectivity index is 2.02. The van der Waals surface area contributed by atoms with Crippen molar-refractivity contribution < 1.29 is 8.42 Å². The van der Waals surface area contributed by atoms with Crippen molar-refractivity contribution in [2.45, 2.75) is 12.5 Å². The lowest BCUT2D eigenvalue weighted by molar-refractivity contribution is 0.295. The minimum Gasteiger partial charge on any atom is -0.301 e. The van der Waals surface area contributed by atoms with Crippen LogP contribution in [0.2, 0.25) is 10.0 Å². The molecule has 2 aromatic carbocycles. The van der Waals surface area contributed by atoms with Gasteiger partial charge < -0.3 is 4.90 Å². The van der Waals surface area contributed by atoms with Gasteiger partial charge in [0.05, 0.1) is 5.69 Å². The van der Waals surface area contributed by atoms with E-state index in [0.717, 1.165) is 34.2 Å². The van der Waals surface area contributed by atoms with Crippen LogP contribution in [-0.4, -0.2) is 46.0 Å². The zero-order chi connectivity index (χ0) is 19.9. The Morgan fingerprint density at radius 3 is 2.33 bits per heavy atom. The molecular formula is C18H22Cl2N4O2S. The molecule has 0 saturated carbocycles. The molecule has 27 heavy (non-hydrogen) atoms. The molecule has 9 heteroatoms. The summed E-state index contributed by atoms with van der Waals surface area (Å²) in [6.45, 7) is 1.58. The first-order chi connectivity index (χ1) is 12.6. The summed E-state index contributed by atoms with van der Waals surface area (Å²) >= 11 is 12.6. The first kappa shape index (κ1) is 20.4. The number of fused-ring (bicyclic) bond motifs is 1. The second-order valence-corrected chi connectivity index (χ2v) is 9.15. The van der Waals surface area contributed by atoms with E-state index in [1.54, 1.807) is 32.3 Å². The van der Waals surface area contributed by atoms with Crippen LogP contribution in [0.5, 0.6) is 0 Å². The van der Waals surface area contributed by atoms with E-state index in [4.69, 9.17) is 28.3 Å². The number of hydrogen-bond acceptors (Lipinski definition) is 4. The number of nitrogens with two attached hydrogens (primary N) is 1. The zero-order valence-corrected chi connectivity index (χ0v) is 17.7. The van der Waals surface area contributed by atoms with Gasteiger partial charge in [0.1, 0.15) is 0 Å². The predicted molar refractivity (Wildman–Crippen MR) is 110 cm³/mol. The fraction of sp³-hybridized carbons (Fsp3) is 0.333. The molecule has 146 valence electrons. The Morgan fingerprint density at radius 2 is 1.78 bits per heavy atom. The quantitative estimate of drug-likeness (QED) is 0.759. The average Bonchev–Trinajstić information content (AvgIpc) is 2.54. The van der Waals surface area contributed by atoms with Gasteiger partial charge in [0.25, 0.3) is 0 Å². The predicted octanol–water partition coefficient (Wildman–Crippen LogP) is 3.06. The molecule has 0 amide bonds. The second kappa shape index (κ2) is 7.58. The molecule has 6 nitrogen and oxygen atoms in total. The molecule has 1 aliphatic heterocycles. The van der Waals surface area contributed by atoms with Gasteiger partial charge in [0.15, 0.2) is 0 Å². The van der Waals surface area contributed by atoms with E-state index < -0.39 is 10.2 Å². The molecule has 1 atom stereocenters. The highest BCUT2D eigenvalue weighted by Crippen LogP contribution is 2.38. The van der Waals surface area contributed by atoms with Crippen molar-refractivity contribution in [2.75, 3.05) is 32.1 Å². The maximum atomic E-state index is 11.9. The van der Waals surface area contributed by atoms with Gasteiger partial charge in [-0.2, -0.15) is 12.8 Å². The maximum Gasteiger partial charge on any atom is 0.312 e. The summed E-state index contributed by atoms with van der Waals surface area (Å²) in [4.78, 5) is 2.21. The minimum absolute atomic E-state index is 0.0892. The highest BCUT2D eigenvalue weighted by Gasteiger charge is 2.28. The molecule has 0 spiro atoms. The fourth-order valence-electron chi connectivity index (χ4n) is 3.57. The molecule has 2 aromatic rings. The molecule has 0 bridgehead atoms. The SMILES string of the molecule is CN1Cc2c(Cl)cc(Cl)cc2C(c2ccc(N(N(C)C)S(N)(=O)=O)cc2)C1. The highest BCUT2D eigenvalue weighted by atomic mass is 35.5. The van der Waals surface area contributed by atoms with Gasteiger partial charge in [0.2, 0.25) is 0 Å². The average molecular weight is 429 g/mol. The third-order valence-electron chi connectivity index (χ3n) is 4.61. The third kappa shape index (κ3) is 4.23. The van der Waals surface area contributed by atoms with Gasteiger partial charge in [-0.25, -0.2) is 10.1 Å². The first-order valence-corrected chi connectivity index (χ1v) is 10.6. The Morgan fingerprint density at radius 1 is 1.15 bits per heavy atom. The number of hydrazine groups is 1. The van der Waals surface area contributed by atoms with Gasteiger partial charge in [-0.1, -0.05) is 35.3 Å². The number of hydrogen-bond donors (Lipinski definition) is 1. The number of halogens is 2. The van der Waals surface area contributed by atoms with Gasteiger partial charge in [-0.3, -0.25) is 0 Å². The van der Waals surface area contributed by atoms with Gasteiger partial charge in [-0.15, -0.1) is 0 Å². The Labute approximate surface area is 170 Å². The molecule has 3 rings (SSSR count). The van der Waals surface area contributed by atoms with E-state index in [9.17, 15) is 8.42 Å².